The fourth-order valence-electron chi connectivity index (χ4n) is 5.45. The van der Waals surface area contributed by atoms with Gasteiger partial charge in [-0.15, -0.1) is 0 Å². The SMILES string of the molecule is Cn1ncc2cccc(C(=O)NC3CCC(CCN4CCc5nc(OCC(F)(F)F)sc5CC4)CC3)c21. The lowest BCUT2D eigenvalue weighted by molar-refractivity contribution is -0.153. The molecule has 7 nitrogen and oxygen atoms in total. The fraction of sp³-hybridized carbons (Fsp3) is 0.577. The zero-order valence-electron chi connectivity index (χ0n) is 20.9. The van der Waals surface area contributed by atoms with Crippen LogP contribution in [0.3, 0.4) is 0 Å². The summed E-state index contributed by atoms with van der Waals surface area (Å²) >= 11 is 1.24. The molecule has 1 aliphatic heterocycles. The maximum Gasteiger partial charge on any atom is 0.422 e. The second kappa shape index (κ2) is 11.0. The predicted octanol–water partition coefficient (Wildman–Crippen LogP) is 4.75. The van der Waals surface area contributed by atoms with Gasteiger partial charge in [0.1, 0.15) is 0 Å². The van der Waals surface area contributed by atoms with Crippen LogP contribution in [0.5, 0.6) is 5.19 Å². The van der Waals surface area contributed by atoms with Crippen molar-refractivity contribution >= 4 is 28.1 Å². The monoisotopic (exact) mass is 535 g/mol. The average molecular weight is 536 g/mol. The van der Waals surface area contributed by atoms with E-state index in [-0.39, 0.29) is 17.1 Å². The Labute approximate surface area is 218 Å². The highest BCUT2D eigenvalue weighted by molar-refractivity contribution is 7.13. The molecule has 1 saturated carbocycles. The minimum Gasteiger partial charge on any atom is -0.460 e. The van der Waals surface area contributed by atoms with E-state index in [4.69, 9.17) is 4.74 Å². The summed E-state index contributed by atoms with van der Waals surface area (Å²) in [6.45, 7) is 1.47. The van der Waals surface area contributed by atoms with Gasteiger partial charge in [0.25, 0.3) is 11.1 Å². The van der Waals surface area contributed by atoms with Gasteiger partial charge in [-0.1, -0.05) is 23.5 Å². The summed E-state index contributed by atoms with van der Waals surface area (Å²) in [7, 11) is 1.86. The van der Waals surface area contributed by atoms with Gasteiger partial charge in [-0.05, 0) is 57.1 Å². The second-order valence-corrected chi connectivity index (χ2v) is 11.1. The molecule has 1 fully saturated rings. The number of ether oxygens (including phenoxy) is 1. The number of para-hydroxylation sites is 1. The van der Waals surface area contributed by atoms with Crippen LogP contribution in [0.1, 0.15) is 53.0 Å². The summed E-state index contributed by atoms with van der Waals surface area (Å²) in [5.41, 5.74) is 2.41. The van der Waals surface area contributed by atoms with Gasteiger partial charge in [-0.25, -0.2) is 4.98 Å². The molecule has 0 radical (unpaired) electrons. The molecule has 0 bridgehead atoms. The number of fused-ring (bicyclic) bond motifs is 2. The predicted molar refractivity (Wildman–Crippen MR) is 136 cm³/mol. The van der Waals surface area contributed by atoms with Crippen molar-refractivity contribution in [3.05, 3.63) is 40.5 Å². The van der Waals surface area contributed by atoms with Crippen LogP contribution in [0, 0.1) is 5.92 Å². The van der Waals surface area contributed by atoms with E-state index >= 15 is 0 Å². The van der Waals surface area contributed by atoms with Crippen molar-refractivity contribution < 1.29 is 22.7 Å². The Bertz CT molecular complexity index is 1210. The Hall–Kier alpha value is -2.66. The van der Waals surface area contributed by atoms with Crippen LogP contribution in [0.15, 0.2) is 24.4 Å². The van der Waals surface area contributed by atoms with Gasteiger partial charge in [0, 0.05) is 42.9 Å². The molecule has 0 saturated heterocycles. The van der Waals surface area contributed by atoms with Crippen molar-refractivity contribution in [1.29, 1.82) is 0 Å². The van der Waals surface area contributed by atoms with Crippen LogP contribution in [-0.2, 0) is 19.9 Å². The quantitative estimate of drug-likeness (QED) is 0.473. The molecule has 37 heavy (non-hydrogen) atoms. The molecule has 200 valence electrons. The number of carbonyl (C=O) groups excluding carboxylic acids is 1. The topological polar surface area (TPSA) is 72.3 Å². The lowest BCUT2D eigenvalue weighted by atomic mass is 9.84. The second-order valence-electron chi connectivity index (χ2n) is 10.1. The van der Waals surface area contributed by atoms with Crippen molar-refractivity contribution in [3.8, 4) is 5.19 Å². The van der Waals surface area contributed by atoms with E-state index in [9.17, 15) is 18.0 Å². The molecular weight excluding hydrogens is 503 g/mol. The number of aromatic nitrogens is 3. The number of nitrogens with one attached hydrogen (secondary N) is 1. The molecule has 1 N–H and O–H groups in total. The van der Waals surface area contributed by atoms with Crippen molar-refractivity contribution in [2.75, 3.05) is 26.2 Å². The third kappa shape index (κ3) is 6.43. The first kappa shape index (κ1) is 26.0. The molecular formula is C26H32F3N5O2S. The molecule has 3 heterocycles. The zero-order valence-corrected chi connectivity index (χ0v) is 21.7. The maximum absolute atomic E-state index is 13.0. The van der Waals surface area contributed by atoms with E-state index in [0.29, 0.717) is 11.5 Å². The third-order valence-electron chi connectivity index (χ3n) is 7.48. The number of hydrogen-bond acceptors (Lipinski definition) is 6. The first-order valence-corrected chi connectivity index (χ1v) is 13.7. The first-order chi connectivity index (χ1) is 17.7. The average Bonchev–Trinajstić information content (AvgIpc) is 3.40. The maximum atomic E-state index is 13.0. The van der Waals surface area contributed by atoms with E-state index in [1.165, 1.54) is 11.3 Å². The van der Waals surface area contributed by atoms with Crippen molar-refractivity contribution in [3.63, 3.8) is 0 Å². The molecule has 11 heteroatoms. The van der Waals surface area contributed by atoms with Crippen LogP contribution in [0.4, 0.5) is 13.2 Å². The third-order valence-corrected chi connectivity index (χ3v) is 8.55. The van der Waals surface area contributed by atoms with Crippen LogP contribution in [0.2, 0.25) is 0 Å². The van der Waals surface area contributed by atoms with Crippen LogP contribution >= 0.6 is 11.3 Å². The summed E-state index contributed by atoms with van der Waals surface area (Å²) < 4.78 is 43.8. The van der Waals surface area contributed by atoms with Gasteiger partial charge < -0.3 is 15.0 Å². The fourth-order valence-corrected chi connectivity index (χ4v) is 6.40. The summed E-state index contributed by atoms with van der Waals surface area (Å²) in [6, 6.07) is 5.92. The molecule has 0 spiro atoms. The molecule has 1 amide bonds. The number of benzene rings is 1. The summed E-state index contributed by atoms with van der Waals surface area (Å²) in [4.78, 5) is 20.8. The van der Waals surface area contributed by atoms with Gasteiger partial charge >= 0.3 is 6.18 Å². The standard InChI is InChI=1S/C26H32F3N5O2S/c1-33-23-18(15-30-33)3-2-4-20(23)24(35)31-19-7-5-17(6-8-19)9-12-34-13-10-21-22(11-14-34)37-25(32-21)36-16-26(27,28)29/h2-4,15,17,19H,5-14,16H2,1H3,(H,31,35). The molecule has 0 unspecified atom stereocenters. The van der Waals surface area contributed by atoms with E-state index in [1.807, 2.05) is 25.2 Å². The normalized spacial score (nSPS) is 21.0. The van der Waals surface area contributed by atoms with Gasteiger partial charge in [0.05, 0.1) is 23.0 Å². The van der Waals surface area contributed by atoms with Gasteiger partial charge in [0.2, 0.25) is 0 Å². The summed E-state index contributed by atoms with van der Waals surface area (Å²) in [5.74, 6) is 0.613. The van der Waals surface area contributed by atoms with Crippen molar-refractivity contribution in [1.82, 2.24) is 25.0 Å². The van der Waals surface area contributed by atoms with E-state index < -0.39 is 12.8 Å². The summed E-state index contributed by atoms with van der Waals surface area (Å²) in [6.07, 6.45) is 4.26. The lowest BCUT2D eigenvalue weighted by Gasteiger charge is -2.30. The Morgan fingerprint density at radius 2 is 1.97 bits per heavy atom. The van der Waals surface area contributed by atoms with E-state index in [2.05, 4.69) is 20.3 Å². The van der Waals surface area contributed by atoms with Gasteiger partial charge in [-0.2, -0.15) is 18.3 Å². The highest BCUT2D eigenvalue weighted by Gasteiger charge is 2.30. The molecule has 2 aromatic heterocycles. The van der Waals surface area contributed by atoms with Crippen molar-refractivity contribution in [2.24, 2.45) is 13.0 Å². The molecule has 0 atom stereocenters. The number of amides is 1. The highest BCUT2D eigenvalue weighted by atomic mass is 32.1. The number of nitrogens with zero attached hydrogens (tertiary/aromatic N) is 4. The largest absolute Gasteiger partial charge is 0.460 e. The minimum atomic E-state index is -4.35. The lowest BCUT2D eigenvalue weighted by Crippen LogP contribution is -2.38. The number of alkyl halides is 3. The molecule has 2 aliphatic rings. The van der Waals surface area contributed by atoms with Crippen molar-refractivity contribution in [2.45, 2.75) is 57.2 Å². The summed E-state index contributed by atoms with van der Waals surface area (Å²) in [5, 5.41) is 8.60. The first-order valence-electron chi connectivity index (χ1n) is 12.9. The molecule has 1 aliphatic carbocycles. The number of hydrogen-bond donors (Lipinski definition) is 1. The van der Waals surface area contributed by atoms with Gasteiger partial charge in [0.15, 0.2) is 6.61 Å². The molecule has 5 rings (SSSR count). The Morgan fingerprint density at radius 3 is 2.76 bits per heavy atom. The van der Waals surface area contributed by atoms with E-state index in [1.54, 1.807) is 10.9 Å². The molecule has 1 aromatic carbocycles. The van der Waals surface area contributed by atoms with Crippen LogP contribution in [-0.4, -0.2) is 64.0 Å². The van der Waals surface area contributed by atoms with Crippen LogP contribution in [0.25, 0.3) is 10.9 Å². The highest BCUT2D eigenvalue weighted by Crippen LogP contribution is 2.31. The smallest absolute Gasteiger partial charge is 0.422 e. The zero-order chi connectivity index (χ0) is 26.0. The minimum absolute atomic E-state index is 0.0322. The molecule has 3 aromatic rings. The van der Waals surface area contributed by atoms with E-state index in [0.717, 1.165) is 86.1 Å². The van der Waals surface area contributed by atoms with Gasteiger partial charge in [-0.3, -0.25) is 9.48 Å². The number of rotatable bonds is 7. The Balaban J connectivity index is 1.04. The Morgan fingerprint density at radius 1 is 1.19 bits per heavy atom. The number of aryl methyl sites for hydroxylation is 1. The van der Waals surface area contributed by atoms with Crippen LogP contribution < -0.4 is 10.1 Å². The number of halogens is 3. The number of thiazole rings is 1. The number of carbonyl (C=O) groups is 1. The Kier molecular flexibility index (Phi) is 7.71.